The first-order valence-corrected chi connectivity index (χ1v) is 11.6. The molecule has 0 saturated heterocycles. The third kappa shape index (κ3) is 5.27. The fourth-order valence-electron chi connectivity index (χ4n) is 2.97. The van der Waals surface area contributed by atoms with Crippen LogP contribution in [0.3, 0.4) is 0 Å². The standard InChI is InChI=1S/C24H21N3O3S2/c1-29-20-12-9-17(13-21(20)30-2)14-25-27-23(28)18-10-7-16(8-11-18)15-31-24-26-19-5-3-4-6-22(19)32-24/h3-14H,15H2,1-2H3,(H,27,28)/b25-14+. The number of methoxy groups -OCH3 is 2. The van der Waals surface area contributed by atoms with Crippen LogP contribution in [0, 0.1) is 0 Å². The minimum atomic E-state index is -0.271. The number of nitrogens with zero attached hydrogens (tertiary/aromatic N) is 2. The van der Waals surface area contributed by atoms with E-state index in [1.807, 2.05) is 36.4 Å². The molecule has 0 spiro atoms. The molecule has 0 atom stereocenters. The molecule has 0 aliphatic rings. The summed E-state index contributed by atoms with van der Waals surface area (Å²) < 4.78 is 12.7. The zero-order valence-corrected chi connectivity index (χ0v) is 19.2. The number of amides is 1. The molecular formula is C24H21N3O3S2. The maximum Gasteiger partial charge on any atom is 0.271 e. The van der Waals surface area contributed by atoms with Gasteiger partial charge in [-0.1, -0.05) is 36.0 Å². The Kier molecular flexibility index (Phi) is 7.03. The second kappa shape index (κ2) is 10.3. The lowest BCUT2D eigenvalue weighted by atomic mass is 10.1. The number of carbonyl (C=O) groups excluding carboxylic acids is 1. The molecule has 1 amide bonds. The molecule has 0 aliphatic carbocycles. The molecule has 1 aromatic heterocycles. The average Bonchev–Trinajstić information content (AvgIpc) is 3.26. The molecule has 0 saturated carbocycles. The van der Waals surface area contributed by atoms with Crippen molar-refractivity contribution in [2.24, 2.45) is 5.10 Å². The molecule has 1 heterocycles. The summed E-state index contributed by atoms with van der Waals surface area (Å²) in [6.07, 6.45) is 1.56. The highest BCUT2D eigenvalue weighted by molar-refractivity contribution is 8.00. The topological polar surface area (TPSA) is 72.8 Å². The monoisotopic (exact) mass is 463 g/mol. The molecule has 162 valence electrons. The van der Waals surface area contributed by atoms with Gasteiger partial charge in [0.25, 0.3) is 5.91 Å². The van der Waals surface area contributed by atoms with Crippen molar-refractivity contribution in [2.75, 3.05) is 14.2 Å². The van der Waals surface area contributed by atoms with Gasteiger partial charge in [0.15, 0.2) is 15.8 Å². The fourth-order valence-corrected chi connectivity index (χ4v) is 5.00. The van der Waals surface area contributed by atoms with Crippen molar-refractivity contribution >= 4 is 45.4 Å². The summed E-state index contributed by atoms with van der Waals surface area (Å²) >= 11 is 3.39. The van der Waals surface area contributed by atoms with Crippen molar-refractivity contribution < 1.29 is 14.3 Å². The van der Waals surface area contributed by atoms with Gasteiger partial charge in [-0.15, -0.1) is 11.3 Å². The van der Waals surface area contributed by atoms with Crippen LogP contribution in [-0.2, 0) is 5.75 Å². The molecule has 32 heavy (non-hydrogen) atoms. The number of nitrogens with one attached hydrogen (secondary N) is 1. The Hall–Kier alpha value is -3.36. The predicted molar refractivity (Wildman–Crippen MR) is 130 cm³/mol. The first-order valence-electron chi connectivity index (χ1n) is 9.79. The molecule has 6 nitrogen and oxygen atoms in total. The van der Waals surface area contributed by atoms with Crippen molar-refractivity contribution in [3.8, 4) is 11.5 Å². The van der Waals surface area contributed by atoms with Crippen LogP contribution in [0.15, 0.2) is 76.2 Å². The van der Waals surface area contributed by atoms with Crippen molar-refractivity contribution in [3.05, 3.63) is 83.4 Å². The number of thiazole rings is 1. The molecule has 0 unspecified atom stereocenters. The molecule has 0 fully saturated rings. The third-order valence-electron chi connectivity index (χ3n) is 4.64. The number of rotatable bonds is 8. The Bertz CT molecular complexity index is 1220. The lowest BCUT2D eigenvalue weighted by Gasteiger charge is -2.07. The van der Waals surface area contributed by atoms with Crippen LogP contribution < -0.4 is 14.9 Å². The zero-order chi connectivity index (χ0) is 22.3. The maximum absolute atomic E-state index is 12.4. The van der Waals surface area contributed by atoms with Crippen molar-refractivity contribution in [1.82, 2.24) is 10.4 Å². The van der Waals surface area contributed by atoms with Gasteiger partial charge < -0.3 is 9.47 Å². The molecule has 0 bridgehead atoms. The van der Waals surface area contributed by atoms with Gasteiger partial charge in [-0.05, 0) is 53.6 Å². The number of hydrogen-bond donors (Lipinski definition) is 1. The van der Waals surface area contributed by atoms with E-state index in [1.54, 1.807) is 67.8 Å². The van der Waals surface area contributed by atoms with E-state index in [0.717, 1.165) is 26.7 Å². The number of thioether (sulfide) groups is 1. The van der Waals surface area contributed by atoms with Gasteiger partial charge in [-0.3, -0.25) is 4.79 Å². The molecule has 8 heteroatoms. The van der Waals surface area contributed by atoms with Gasteiger partial charge in [0.2, 0.25) is 0 Å². The largest absolute Gasteiger partial charge is 0.493 e. The zero-order valence-electron chi connectivity index (χ0n) is 17.6. The first kappa shape index (κ1) is 21.9. The second-order valence-corrected chi connectivity index (χ2v) is 9.00. The summed E-state index contributed by atoms with van der Waals surface area (Å²) in [4.78, 5) is 17.0. The number of para-hydroxylation sites is 1. The number of hydrazone groups is 1. The van der Waals surface area contributed by atoms with Crippen LogP contribution in [0.1, 0.15) is 21.5 Å². The van der Waals surface area contributed by atoms with Gasteiger partial charge in [-0.25, -0.2) is 10.4 Å². The van der Waals surface area contributed by atoms with E-state index >= 15 is 0 Å². The lowest BCUT2D eigenvalue weighted by Crippen LogP contribution is -2.17. The quantitative estimate of drug-likeness (QED) is 0.216. The van der Waals surface area contributed by atoms with Gasteiger partial charge in [0.1, 0.15) is 0 Å². The van der Waals surface area contributed by atoms with Crippen LogP contribution in [-0.4, -0.2) is 31.3 Å². The van der Waals surface area contributed by atoms with Crippen LogP contribution in [0.4, 0.5) is 0 Å². The number of carbonyl (C=O) groups is 1. The predicted octanol–water partition coefficient (Wildman–Crippen LogP) is 5.37. The molecule has 0 aliphatic heterocycles. The Labute approximate surface area is 194 Å². The number of ether oxygens (including phenoxy) is 2. The van der Waals surface area contributed by atoms with E-state index in [4.69, 9.17) is 9.47 Å². The van der Waals surface area contributed by atoms with E-state index in [0.29, 0.717) is 17.1 Å². The summed E-state index contributed by atoms with van der Waals surface area (Å²) in [5.41, 5.74) is 6.03. The van der Waals surface area contributed by atoms with Gasteiger partial charge >= 0.3 is 0 Å². The summed E-state index contributed by atoms with van der Waals surface area (Å²) in [7, 11) is 3.15. The van der Waals surface area contributed by atoms with Crippen LogP contribution in [0.5, 0.6) is 11.5 Å². The van der Waals surface area contributed by atoms with Crippen LogP contribution in [0.25, 0.3) is 10.2 Å². The Morgan fingerprint density at radius 2 is 1.84 bits per heavy atom. The minimum absolute atomic E-state index is 0.271. The van der Waals surface area contributed by atoms with E-state index in [9.17, 15) is 4.79 Å². The highest BCUT2D eigenvalue weighted by Crippen LogP contribution is 2.31. The van der Waals surface area contributed by atoms with Crippen molar-refractivity contribution in [1.29, 1.82) is 0 Å². The number of fused-ring (bicyclic) bond motifs is 1. The maximum atomic E-state index is 12.4. The minimum Gasteiger partial charge on any atom is -0.493 e. The van der Waals surface area contributed by atoms with E-state index < -0.39 is 0 Å². The molecule has 4 rings (SSSR count). The smallest absolute Gasteiger partial charge is 0.271 e. The average molecular weight is 464 g/mol. The van der Waals surface area contributed by atoms with Crippen molar-refractivity contribution in [3.63, 3.8) is 0 Å². The summed E-state index contributed by atoms with van der Waals surface area (Å²) in [5.74, 6) is 1.75. The highest BCUT2D eigenvalue weighted by atomic mass is 32.2. The number of hydrogen-bond acceptors (Lipinski definition) is 7. The van der Waals surface area contributed by atoms with E-state index in [1.165, 1.54) is 4.70 Å². The fraction of sp³-hybridized carbons (Fsp3) is 0.125. The van der Waals surface area contributed by atoms with Gasteiger partial charge in [0.05, 0.1) is 30.7 Å². The molecule has 4 aromatic rings. The van der Waals surface area contributed by atoms with Crippen molar-refractivity contribution in [2.45, 2.75) is 10.1 Å². The number of benzene rings is 3. The lowest BCUT2D eigenvalue weighted by molar-refractivity contribution is 0.0955. The second-order valence-electron chi connectivity index (χ2n) is 6.75. The summed E-state index contributed by atoms with van der Waals surface area (Å²) in [5, 5.41) is 4.04. The Morgan fingerprint density at radius 1 is 1.06 bits per heavy atom. The number of aromatic nitrogens is 1. The molecule has 3 aromatic carbocycles. The summed E-state index contributed by atoms with van der Waals surface area (Å²) in [6.45, 7) is 0. The third-order valence-corrected chi connectivity index (χ3v) is 6.89. The van der Waals surface area contributed by atoms with E-state index in [2.05, 4.69) is 21.6 Å². The SMILES string of the molecule is COc1ccc(/C=N/NC(=O)c2ccc(CSc3nc4ccccc4s3)cc2)cc1OC. The molecule has 1 N–H and O–H groups in total. The first-order chi connectivity index (χ1) is 15.7. The van der Waals surface area contributed by atoms with Gasteiger partial charge in [-0.2, -0.15) is 5.10 Å². The van der Waals surface area contributed by atoms with Crippen LogP contribution >= 0.6 is 23.1 Å². The van der Waals surface area contributed by atoms with Gasteiger partial charge in [0, 0.05) is 11.3 Å². The molecular weight excluding hydrogens is 442 g/mol. The normalized spacial score (nSPS) is 11.1. The highest BCUT2D eigenvalue weighted by Gasteiger charge is 2.07. The van der Waals surface area contributed by atoms with Crippen LogP contribution in [0.2, 0.25) is 0 Å². The molecule has 0 radical (unpaired) electrons. The Balaban J connectivity index is 1.32. The Morgan fingerprint density at radius 3 is 2.59 bits per heavy atom. The summed E-state index contributed by atoms with van der Waals surface area (Å²) in [6, 6.07) is 21.0. The van der Waals surface area contributed by atoms with E-state index in [-0.39, 0.29) is 5.91 Å².